The fourth-order valence-corrected chi connectivity index (χ4v) is 0.800. The second kappa shape index (κ2) is 6.47. The van der Waals surface area contributed by atoms with Crippen LogP contribution in [0.15, 0.2) is 5.16 Å². The van der Waals surface area contributed by atoms with Crippen LogP contribution in [0.25, 0.3) is 0 Å². The summed E-state index contributed by atoms with van der Waals surface area (Å²) in [4.78, 5) is 0. The van der Waals surface area contributed by atoms with Crippen LogP contribution in [-0.2, 0) is 0 Å². The maximum atomic E-state index is 11.6. The van der Waals surface area contributed by atoms with Crippen LogP contribution < -0.4 is 11.1 Å². The number of oxime groups is 1. The average Bonchev–Trinajstić information content (AvgIpc) is 2.08. The van der Waals surface area contributed by atoms with E-state index in [4.69, 9.17) is 10.9 Å². The summed E-state index contributed by atoms with van der Waals surface area (Å²) >= 11 is 0. The first kappa shape index (κ1) is 13.0. The monoisotopic (exact) mass is 213 g/mol. The van der Waals surface area contributed by atoms with Gasteiger partial charge in [-0.25, -0.2) is 0 Å². The molecule has 7 heteroatoms. The summed E-state index contributed by atoms with van der Waals surface area (Å²) < 4.78 is 34.9. The summed E-state index contributed by atoms with van der Waals surface area (Å²) in [7, 11) is 0. The molecule has 0 fully saturated rings. The van der Waals surface area contributed by atoms with Gasteiger partial charge in [0.2, 0.25) is 0 Å². The molecule has 0 aliphatic carbocycles. The molecular formula is C7H14F3N3O. The number of nitrogens with one attached hydrogen (secondary N) is 1. The second-order valence-corrected chi connectivity index (χ2v) is 2.81. The third-order valence-corrected chi connectivity index (χ3v) is 1.50. The van der Waals surface area contributed by atoms with Crippen LogP contribution in [0.4, 0.5) is 13.2 Å². The lowest BCUT2D eigenvalue weighted by atomic mass is 10.3. The Morgan fingerprint density at radius 3 is 2.50 bits per heavy atom. The highest BCUT2D eigenvalue weighted by atomic mass is 19.4. The number of hydrogen-bond acceptors (Lipinski definition) is 3. The van der Waals surface area contributed by atoms with Crippen molar-refractivity contribution in [2.75, 3.05) is 13.1 Å². The number of alkyl halides is 3. The summed E-state index contributed by atoms with van der Waals surface area (Å²) in [6.07, 6.45) is -4.03. The Labute approximate surface area is 80.0 Å². The second-order valence-electron chi connectivity index (χ2n) is 2.81. The highest BCUT2D eigenvalue weighted by molar-refractivity contribution is 5.79. The van der Waals surface area contributed by atoms with Crippen molar-refractivity contribution in [1.82, 2.24) is 5.32 Å². The quantitative estimate of drug-likeness (QED) is 0.203. The van der Waals surface area contributed by atoms with Gasteiger partial charge in [0.05, 0.1) is 6.42 Å². The van der Waals surface area contributed by atoms with Crippen molar-refractivity contribution in [2.45, 2.75) is 25.4 Å². The van der Waals surface area contributed by atoms with Crippen LogP contribution in [0, 0.1) is 0 Å². The summed E-state index contributed by atoms with van der Waals surface area (Å²) in [5, 5.41) is 13.5. The molecule has 0 bridgehead atoms. The lowest BCUT2D eigenvalue weighted by Crippen LogP contribution is -2.23. The molecule has 0 saturated heterocycles. The van der Waals surface area contributed by atoms with Crippen molar-refractivity contribution in [2.24, 2.45) is 10.9 Å². The summed E-state index contributed by atoms with van der Waals surface area (Å²) in [6.45, 7) is 0.325. The number of rotatable bonds is 6. The van der Waals surface area contributed by atoms with Crippen molar-refractivity contribution in [1.29, 1.82) is 0 Å². The van der Waals surface area contributed by atoms with Gasteiger partial charge < -0.3 is 16.3 Å². The van der Waals surface area contributed by atoms with Crippen molar-refractivity contribution < 1.29 is 18.4 Å². The minimum absolute atomic E-state index is 0.0858. The zero-order chi connectivity index (χ0) is 11.0. The molecule has 0 radical (unpaired) electrons. The Balaban J connectivity index is 3.23. The van der Waals surface area contributed by atoms with Crippen LogP contribution in [0.2, 0.25) is 0 Å². The molecule has 0 aromatic heterocycles. The summed E-state index contributed by atoms with van der Waals surface area (Å²) in [5.41, 5.74) is 5.15. The van der Waals surface area contributed by atoms with E-state index in [0.29, 0.717) is 19.4 Å². The molecule has 0 aromatic rings. The van der Waals surface area contributed by atoms with E-state index >= 15 is 0 Å². The van der Waals surface area contributed by atoms with Crippen LogP contribution in [-0.4, -0.2) is 30.3 Å². The molecule has 4 N–H and O–H groups in total. The SMILES string of the molecule is NC(CCCNCCC(F)(F)F)=NO. The predicted molar refractivity (Wildman–Crippen MR) is 46.2 cm³/mol. The van der Waals surface area contributed by atoms with E-state index in [9.17, 15) is 13.2 Å². The van der Waals surface area contributed by atoms with E-state index in [1.807, 2.05) is 0 Å². The van der Waals surface area contributed by atoms with Gasteiger partial charge in [-0.15, -0.1) is 0 Å². The molecule has 0 amide bonds. The lowest BCUT2D eigenvalue weighted by Gasteiger charge is -2.06. The standard InChI is InChI=1S/C7H14F3N3O/c8-7(9,10)3-5-12-4-1-2-6(11)13-14/h12,14H,1-5H2,(H2,11,13). The van der Waals surface area contributed by atoms with Gasteiger partial charge in [-0.2, -0.15) is 13.2 Å². The molecule has 0 saturated carbocycles. The first-order valence-electron chi connectivity index (χ1n) is 4.19. The number of nitrogens with two attached hydrogens (primary N) is 1. The van der Waals surface area contributed by atoms with E-state index in [2.05, 4.69) is 10.5 Å². The Morgan fingerprint density at radius 1 is 1.36 bits per heavy atom. The third-order valence-electron chi connectivity index (χ3n) is 1.50. The van der Waals surface area contributed by atoms with Gasteiger partial charge in [-0.1, -0.05) is 5.16 Å². The molecule has 4 nitrogen and oxygen atoms in total. The van der Waals surface area contributed by atoms with Crippen LogP contribution in [0.5, 0.6) is 0 Å². The first-order valence-corrected chi connectivity index (χ1v) is 4.19. The van der Waals surface area contributed by atoms with Crippen LogP contribution in [0.3, 0.4) is 0 Å². The van der Waals surface area contributed by atoms with Crippen molar-refractivity contribution in [3.05, 3.63) is 0 Å². The normalized spacial score (nSPS) is 13.2. The first-order chi connectivity index (χ1) is 6.45. The third kappa shape index (κ3) is 9.11. The van der Waals surface area contributed by atoms with Gasteiger partial charge in [0.15, 0.2) is 0 Å². The molecular weight excluding hydrogens is 199 g/mol. The van der Waals surface area contributed by atoms with Gasteiger partial charge in [0.25, 0.3) is 0 Å². The van der Waals surface area contributed by atoms with Crippen LogP contribution >= 0.6 is 0 Å². The maximum absolute atomic E-state index is 11.6. The van der Waals surface area contributed by atoms with E-state index in [1.165, 1.54) is 0 Å². The molecule has 0 aliphatic heterocycles. The predicted octanol–water partition coefficient (Wildman–Crippen LogP) is 1.05. The molecule has 84 valence electrons. The summed E-state index contributed by atoms with van der Waals surface area (Å²) in [6, 6.07) is 0. The molecule has 0 spiro atoms. The number of hydrogen-bond donors (Lipinski definition) is 3. The van der Waals surface area contributed by atoms with Crippen molar-refractivity contribution >= 4 is 5.84 Å². The van der Waals surface area contributed by atoms with E-state index < -0.39 is 12.6 Å². The summed E-state index contributed by atoms with van der Waals surface area (Å²) in [5.74, 6) is 0.0858. The minimum atomic E-state index is -4.11. The Hall–Kier alpha value is -0.980. The van der Waals surface area contributed by atoms with Crippen molar-refractivity contribution in [3.63, 3.8) is 0 Å². The molecule has 14 heavy (non-hydrogen) atoms. The van der Waals surface area contributed by atoms with E-state index in [1.54, 1.807) is 0 Å². The van der Waals surface area contributed by atoms with Gasteiger partial charge in [0.1, 0.15) is 5.84 Å². The fraction of sp³-hybridized carbons (Fsp3) is 0.857. The average molecular weight is 213 g/mol. The highest BCUT2D eigenvalue weighted by Gasteiger charge is 2.25. The zero-order valence-electron chi connectivity index (χ0n) is 7.64. The fourth-order valence-electron chi connectivity index (χ4n) is 0.800. The number of nitrogens with zero attached hydrogens (tertiary/aromatic N) is 1. The van der Waals surface area contributed by atoms with Crippen LogP contribution in [0.1, 0.15) is 19.3 Å². The lowest BCUT2D eigenvalue weighted by molar-refractivity contribution is -0.133. The van der Waals surface area contributed by atoms with Gasteiger partial charge in [-0.3, -0.25) is 0 Å². The maximum Gasteiger partial charge on any atom is 0.390 e. The molecule has 0 aromatic carbocycles. The molecule has 0 unspecified atom stereocenters. The highest BCUT2D eigenvalue weighted by Crippen LogP contribution is 2.17. The van der Waals surface area contributed by atoms with Crippen molar-refractivity contribution in [3.8, 4) is 0 Å². The van der Waals surface area contributed by atoms with E-state index in [-0.39, 0.29) is 12.4 Å². The Bertz CT molecular complexity index is 182. The Kier molecular flexibility index (Phi) is 6.02. The zero-order valence-corrected chi connectivity index (χ0v) is 7.64. The number of halogens is 3. The Morgan fingerprint density at radius 2 is 2.00 bits per heavy atom. The molecule has 0 heterocycles. The topological polar surface area (TPSA) is 70.6 Å². The smallest absolute Gasteiger partial charge is 0.390 e. The van der Waals surface area contributed by atoms with Gasteiger partial charge in [-0.05, 0) is 13.0 Å². The molecule has 0 atom stereocenters. The van der Waals surface area contributed by atoms with E-state index in [0.717, 1.165) is 0 Å². The largest absolute Gasteiger partial charge is 0.409 e. The van der Waals surface area contributed by atoms with Gasteiger partial charge in [0, 0.05) is 13.0 Å². The minimum Gasteiger partial charge on any atom is -0.409 e. The number of amidine groups is 1. The van der Waals surface area contributed by atoms with Gasteiger partial charge >= 0.3 is 6.18 Å². The molecule has 0 aliphatic rings. The molecule has 0 rings (SSSR count).